The normalized spacial score (nSPS) is 15.5. The highest BCUT2D eigenvalue weighted by atomic mass is 16.2. The number of nitrogens with zero attached hydrogens (tertiary/aromatic N) is 1. The summed E-state index contributed by atoms with van der Waals surface area (Å²) in [5, 5.41) is 0. The summed E-state index contributed by atoms with van der Waals surface area (Å²) in [6.45, 7) is 0. The second-order valence-electron chi connectivity index (χ2n) is 4.17. The van der Waals surface area contributed by atoms with E-state index in [1.54, 1.807) is 18.3 Å². The number of hydrogen-bond donors (Lipinski definition) is 2. The third-order valence-corrected chi connectivity index (χ3v) is 2.95. The van der Waals surface area contributed by atoms with E-state index in [-0.39, 0.29) is 17.7 Å². The standard InChI is InChI=1S/C12H15N3O2/c16-11(9-4-1-2-5-9)14-15-12(17)10-6-3-7-13-8-10/h3,6-9H,1-2,4-5H2,(H,14,16)(H,15,17). The van der Waals surface area contributed by atoms with Gasteiger partial charge in [-0.25, -0.2) is 0 Å². The van der Waals surface area contributed by atoms with Gasteiger partial charge in [-0.15, -0.1) is 0 Å². The maximum absolute atomic E-state index is 11.6. The third-order valence-electron chi connectivity index (χ3n) is 2.95. The van der Waals surface area contributed by atoms with Gasteiger partial charge in [0.1, 0.15) is 0 Å². The quantitative estimate of drug-likeness (QED) is 0.749. The molecule has 1 aliphatic carbocycles. The molecule has 0 aromatic carbocycles. The highest BCUT2D eigenvalue weighted by Gasteiger charge is 2.22. The molecule has 17 heavy (non-hydrogen) atoms. The molecule has 1 heterocycles. The summed E-state index contributed by atoms with van der Waals surface area (Å²) < 4.78 is 0. The number of carbonyl (C=O) groups is 2. The molecule has 1 aliphatic rings. The van der Waals surface area contributed by atoms with Crippen LogP contribution in [-0.4, -0.2) is 16.8 Å². The lowest BCUT2D eigenvalue weighted by molar-refractivity contribution is -0.125. The Morgan fingerprint density at radius 1 is 1.24 bits per heavy atom. The monoisotopic (exact) mass is 233 g/mol. The molecule has 0 aliphatic heterocycles. The topological polar surface area (TPSA) is 71.1 Å². The Balaban J connectivity index is 1.82. The molecule has 1 fully saturated rings. The maximum atomic E-state index is 11.6. The van der Waals surface area contributed by atoms with Crippen molar-refractivity contribution in [3.63, 3.8) is 0 Å². The third kappa shape index (κ3) is 3.03. The fourth-order valence-corrected chi connectivity index (χ4v) is 1.98. The van der Waals surface area contributed by atoms with Crippen molar-refractivity contribution in [2.45, 2.75) is 25.7 Å². The van der Waals surface area contributed by atoms with Crippen LogP contribution in [0.25, 0.3) is 0 Å². The molecular weight excluding hydrogens is 218 g/mol. The molecule has 1 aromatic heterocycles. The second kappa shape index (κ2) is 5.43. The van der Waals surface area contributed by atoms with Crippen LogP contribution in [0.5, 0.6) is 0 Å². The van der Waals surface area contributed by atoms with E-state index < -0.39 is 0 Å². The van der Waals surface area contributed by atoms with Crippen molar-refractivity contribution < 1.29 is 9.59 Å². The van der Waals surface area contributed by atoms with Crippen molar-refractivity contribution in [2.75, 3.05) is 0 Å². The highest BCUT2D eigenvalue weighted by Crippen LogP contribution is 2.24. The highest BCUT2D eigenvalue weighted by molar-refractivity contribution is 5.95. The second-order valence-corrected chi connectivity index (χ2v) is 4.17. The SMILES string of the molecule is O=C(NNC(=O)C1CCCC1)c1cccnc1. The van der Waals surface area contributed by atoms with Gasteiger partial charge >= 0.3 is 0 Å². The molecule has 90 valence electrons. The van der Waals surface area contributed by atoms with Gasteiger partial charge in [0.25, 0.3) is 5.91 Å². The molecule has 0 bridgehead atoms. The van der Waals surface area contributed by atoms with Gasteiger partial charge in [-0.2, -0.15) is 0 Å². The van der Waals surface area contributed by atoms with Gasteiger partial charge in [0.05, 0.1) is 5.56 Å². The Labute approximate surface area is 99.6 Å². The fourth-order valence-electron chi connectivity index (χ4n) is 1.98. The molecule has 2 amide bonds. The molecule has 0 spiro atoms. The molecule has 5 heteroatoms. The van der Waals surface area contributed by atoms with Crippen LogP contribution >= 0.6 is 0 Å². The number of nitrogens with one attached hydrogen (secondary N) is 2. The first-order valence-corrected chi connectivity index (χ1v) is 5.77. The van der Waals surface area contributed by atoms with Gasteiger partial charge in [0.15, 0.2) is 0 Å². The minimum Gasteiger partial charge on any atom is -0.273 e. The summed E-state index contributed by atoms with van der Waals surface area (Å²) in [5.41, 5.74) is 5.28. The zero-order chi connectivity index (χ0) is 12.1. The minimum atomic E-state index is -0.343. The van der Waals surface area contributed by atoms with E-state index in [0.717, 1.165) is 25.7 Å². The van der Waals surface area contributed by atoms with Gasteiger partial charge in [-0.3, -0.25) is 25.4 Å². The van der Waals surface area contributed by atoms with Crippen LogP contribution in [0.3, 0.4) is 0 Å². The minimum absolute atomic E-state index is 0.0456. The van der Waals surface area contributed by atoms with E-state index in [9.17, 15) is 9.59 Å². The predicted octanol–water partition coefficient (Wildman–Crippen LogP) is 1.03. The fraction of sp³-hybridized carbons (Fsp3) is 0.417. The molecule has 0 radical (unpaired) electrons. The lowest BCUT2D eigenvalue weighted by Gasteiger charge is -2.11. The first-order chi connectivity index (χ1) is 8.27. The number of amides is 2. The van der Waals surface area contributed by atoms with E-state index in [1.165, 1.54) is 6.20 Å². The lowest BCUT2D eigenvalue weighted by Crippen LogP contribution is -2.44. The van der Waals surface area contributed by atoms with Gasteiger partial charge in [-0.05, 0) is 25.0 Å². The molecule has 0 unspecified atom stereocenters. The number of pyridine rings is 1. The van der Waals surface area contributed by atoms with Gasteiger partial charge in [0.2, 0.25) is 5.91 Å². The number of rotatable bonds is 2. The van der Waals surface area contributed by atoms with Crippen molar-refractivity contribution >= 4 is 11.8 Å². The first kappa shape index (κ1) is 11.6. The van der Waals surface area contributed by atoms with E-state index in [4.69, 9.17) is 0 Å². The molecule has 0 atom stereocenters. The van der Waals surface area contributed by atoms with Crippen LogP contribution in [0.4, 0.5) is 0 Å². The van der Waals surface area contributed by atoms with Crippen molar-refractivity contribution in [3.05, 3.63) is 30.1 Å². The van der Waals surface area contributed by atoms with E-state index in [2.05, 4.69) is 15.8 Å². The molecule has 0 saturated heterocycles. The number of carbonyl (C=O) groups excluding carboxylic acids is 2. The summed E-state index contributed by atoms with van der Waals surface area (Å²) in [6, 6.07) is 3.32. The van der Waals surface area contributed by atoms with Gasteiger partial charge in [-0.1, -0.05) is 12.8 Å². The number of hydrogen-bond acceptors (Lipinski definition) is 3. The predicted molar refractivity (Wildman–Crippen MR) is 61.8 cm³/mol. The maximum Gasteiger partial charge on any atom is 0.271 e. The lowest BCUT2D eigenvalue weighted by atomic mass is 10.1. The van der Waals surface area contributed by atoms with Crippen LogP contribution in [0, 0.1) is 5.92 Å². The van der Waals surface area contributed by atoms with E-state index in [1.807, 2.05) is 0 Å². The summed E-state index contributed by atoms with van der Waals surface area (Å²) in [4.78, 5) is 27.1. The Kier molecular flexibility index (Phi) is 3.69. The molecule has 1 saturated carbocycles. The van der Waals surface area contributed by atoms with Crippen LogP contribution in [-0.2, 0) is 4.79 Å². The first-order valence-electron chi connectivity index (χ1n) is 5.77. The van der Waals surface area contributed by atoms with Crippen molar-refractivity contribution in [1.29, 1.82) is 0 Å². The van der Waals surface area contributed by atoms with Crippen molar-refractivity contribution in [1.82, 2.24) is 15.8 Å². The van der Waals surface area contributed by atoms with Crippen LogP contribution < -0.4 is 10.9 Å². The van der Waals surface area contributed by atoms with Crippen molar-refractivity contribution in [3.8, 4) is 0 Å². The average molecular weight is 233 g/mol. The summed E-state index contributed by atoms with van der Waals surface area (Å²) in [6.07, 6.45) is 7.05. The molecule has 2 rings (SSSR count). The Bertz CT molecular complexity index is 399. The van der Waals surface area contributed by atoms with Crippen molar-refractivity contribution in [2.24, 2.45) is 5.92 Å². The Morgan fingerprint density at radius 2 is 2.00 bits per heavy atom. The number of hydrazine groups is 1. The Hall–Kier alpha value is -1.91. The molecule has 2 N–H and O–H groups in total. The average Bonchev–Trinajstić information content (AvgIpc) is 2.90. The zero-order valence-electron chi connectivity index (χ0n) is 9.48. The largest absolute Gasteiger partial charge is 0.273 e. The number of aromatic nitrogens is 1. The van der Waals surface area contributed by atoms with Crippen LogP contribution in [0.1, 0.15) is 36.0 Å². The van der Waals surface area contributed by atoms with Gasteiger partial charge < -0.3 is 0 Å². The van der Waals surface area contributed by atoms with Crippen LogP contribution in [0.15, 0.2) is 24.5 Å². The zero-order valence-corrected chi connectivity index (χ0v) is 9.48. The summed E-state index contributed by atoms with van der Waals surface area (Å²) in [7, 11) is 0. The molecule has 5 nitrogen and oxygen atoms in total. The summed E-state index contributed by atoms with van der Waals surface area (Å²) >= 11 is 0. The molecular formula is C12H15N3O2. The van der Waals surface area contributed by atoms with E-state index >= 15 is 0 Å². The van der Waals surface area contributed by atoms with Crippen LogP contribution in [0.2, 0.25) is 0 Å². The van der Waals surface area contributed by atoms with E-state index in [0.29, 0.717) is 5.56 Å². The molecule has 1 aromatic rings. The smallest absolute Gasteiger partial charge is 0.271 e. The summed E-state index contributed by atoms with van der Waals surface area (Å²) in [5.74, 6) is -0.395. The Morgan fingerprint density at radius 3 is 2.65 bits per heavy atom. The van der Waals surface area contributed by atoms with Gasteiger partial charge in [0, 0.05) is 18.3 Å².